The number of para-hydroxylation sites is 1. The molecular weight excluding hydrogens is 392 g/mol. The number of ether oxygens (including phenoxy) is 2. The quantitative estimate of drug-likeness (QED) is 0.565. The number of fused-ring (bicyclic) bond motifs is 1. The molecule has 160 valence electrons. The molecule has 0 bridgehead atoms. The number of hydrogen-bond acceptors (Lipinski definition) is 5. The number of benzene rings is 2. The number of carbonyl (C=O) groups excluding carboxylic acids is 2. The summed E-state index contributed by atoms with van der Waals surface area (Å²) >= 11 is 0. The van der Waals surface area contributed by atoms with Gasteiger partial charge in [-0.25, -0.2) is 9.78 Å². The Morgan fingerprint density at radius 1 is 1.06 bits per heavy atom. The zero-order valence-corrected chi connectivity index (χ0v) is 17.8. The van der Waals surface area contributed by atoms with Crippen LogP contribution < -0.4 is 5.32 Å². The van der Waals surface area contributed by atoms with Gasteiger partial charge in [0, 0.05) is 24.5 Å². The second-order valence-corrected chi connectivity index (χ2v) is 8.01. The van der Waals surface area contributed by atoms with Crippen molar-refractivity contribution in [3.8, 4) is 0 Å². The topological polar surface area (TPSA) is 77.5 Å². The molecule has 3 aromatic rings. The summed E-state index contributed by atoms with van der Waals surface area (Å²) in [6.45, 7) is 2.25. The van der Waals surface area contributed by atoms with Gasteiger partial charge in [0.15, 0.2) is 6.61 Å². The number of methoxy groups -OCH3 is 1. The second kappa shape index (κ2) is 8.86. The Balaban J connectivity index is 1.42. The number of nitrogens with one attached hydrogen (secondary N) is 1. The molecule has 0 saturated heterocycles. The van der Waals surface area contributed by atoms with Gasteiger partial charge in [-0.05, 0) is 37.0 Å². The molecule has 6 nitrogen and oxygen atoms in total. The first-order valence-electron chi connectivity index (χ1n) is 10.4. The number of rotatable bonds is 8. The molecule has 0 aliphatic heterocycles. The molecule has 1 heterocycles. The highest BCUT2D eigenvalue weighted by molar-refractivity contribution is 5.99. The Bertz CT molecular complexity index is 1110. The average Bonchev–Trinajstić information content (AvgIpc) is 3.58. The van der Waals surface area contributed by atoms with E-state index >= 15 is 0 Å². The number of aromatic nitrogens is 1. The van der Waals surface area contributed by atoms with E-state index in [1.54, 1.807) is 7.11 Å². The van der Waals surface area contributed by atoms with Crippen LogP contribution in [0.3, 0.4) is 0 Å². The zero-order chi connectivity index (χ0) is 21.8. The molecule has 1 N–H and O–H groups in total. The van der Waals surface area contributed by atoms with Crippen LogP contribution in [0.15, 0.2) is 54.6 Å². The van der Waals surface area contributed by atoms with Gasteiger partial charge >= 0.3 is 5.97 Å². The first-order chi connectivity index (χ1) is 15.0. The van der Waals surface area contributed by atoms with Crippen LogP contribution in [0, 0.1) is 6.92 Å². The smallest absolute Gasteiger partial charge is 0.340 e. The van der Waals surface area contributed by atoms with Gasteiger partial charge in [0.2, 0.25) is 0 Å². The fourth-order valence-electron chi connectivity index (χ4n) is 3.98. The minimum absolute atomic E-state index is 0.00537. The average molecular weight is 418 g/mol. The molecule has 0 atom stereocenters. The van der Waals surface area contributed by atoms with E-state index in [0.717, 1.165) is 29.3 Å². The first kappa shape index (κ1) is 21.0. The number of amides is 1. The molecule has 0 unspecified atom stereocenters. The summed E-state index contributed by atoms with van der Waals surface area (Å²) in [6.07, 6.45) is 2.08. The van der Waals surface area contributed by atoms with Crippen LogP contribution in [0.25, 0.3) is 10.9 Å². The van der Waals surface area contributed by atoms with Crippen LogP contribution in [0.5, 0.6) is 0 Å². The van der Waals surface area contributed by atoms with Crippen molar-refractivity contribution < 1.29 is 19.1 Å². The third kappa shape index (κ3) is 4.44. The van der Waals surface area contributed by atoms with Crippen molar-refractivity contribution >= 4 is 22.8 Å². The van der Waals surface area contributed by atoms with Gasteiger partial charge in [-0.1, -0.05) is 48.5 Å². The number of pyridine rings is 1. The van der Waals surface area contributed by atoms with Crippen LogP contribution in [-0.2, 0) is 26.3 Å². The molecule has 1 fully saturated rings. The molecule has 1 saturated carbocycles. The molecule has 0 spiro atoms. The van der Waals surface area contributed by atoms with E-state index in [2.05, 4.69) is 22.4 Å². The molecule has 4 rings (SSSR count). The lowest BCUT2D eigenvalue weighted by atomic mass is 9.96. The lowest BCUT2D eigenvalue weighted by Crippen LogP contribution is -2.35. The minimum atomic E-state index is -0.567. The maximum absolute atomic E-state index is 12.8. The SMILES string of the molecule is COCc1nc2ccccc2c(C)c1C(=O)OCC(=O)NCC1(c2ccccc2)CC1. The van der Waals surface area contributed by atoms with Crippen LogP contribution in [0.4, 0.5) is 0 Å². The van der Waals surface area contributed by atoms with E-state index in [-0.39, 0.29) is 24.5 Å². The van der Waals surface area contributed by atoms with E-state index in [1.807, 2.05) is 49.4 Å². The van der Waals surface area contributed by atoms with Crippen molar-refractivity contribution in [2.45, 2.75) is 31.8 Å². The van der Waals surface area contributed by atoms with Crippen molar-refractivity contribution in [1.29, 1.82) is 0 Å². The summed E-state index contributed by atoms with van der Waals surface area (Å²) in [7, 11) is 1.55. The lowest BCUT2D eigenvalue weighted by molar-refractivity contribution is -0.124. The maximum Gasteiger partial charge on any atom is 0.340 e. The van der Waals surface area contributed by atoms with E-state index < -0.39 is 5.97 Å². The zero-order valence-electron chi connectivity index (χ0n) is 17.8. The molecule has 2 aromatic carbocycles. The standard InChI is InChI=1S/C25H26N2O4/c1-17-19-10-6-7-11-20(19)27-21(14-30-2)23(17)24(29)31-15-22(28)26-16-25(12-13-25)18-8-4-3-5-9-18/h3-11H,12-16H2,1-2H3,(H,26,28). The van der Waals surface area contributed by atoms with Gasteiger partial charge < -0.3 is 14.8 Å². The van der Waals surface area contributed by atoms with Crippen LogP contribution in [-0.4, -0.2) is 37.1 Å². The highest BCUT2D eigenvalue weighted by Crippen LogP contribution is 2.47. The van der Waals surface area contributed by atoms with Crippen LogP contribution in [0.2, 0.25) is 0 Å². The van der Waals surface area contributed by atoms with E-state index in [0.29, 0.717) is 17.8 Å². The largest absolute Gasteiger partial charge is 0.452 e. The van der Waals surface area contributed by atoms with Gasteiger partial charge in [-0.3, -0.25) is 4.79 Å². The van der Waals surface area contributed by atoms with Crippen molar-refractivity contribution in [1.82, 2.24) is 10.3 Å². The molecule has 6 heteroatoms. The third-order valence-corrected chi connectivity index (χ3v) is 5.91. The van der Waals surface area contributed by atoms with Gasteiger partial charge in [-0.15, -0.1) is 0 Å². The summed E-state index contributed by atoms with van der Waals surface area (Å²) in [4.78, 5) is 29.8. The summed E-state index contributed by atoms with van der Waals surface area (Å²) in [6, 6.07) is 17.8. The highest BCUT2D eigenvalue weighted by Gasteiger charge is 2.44. The monoisotopic (exact) mass is 418 g/mol. The predicted molar refractivity (Wildman–Crippen MR) is 118 cm³/mol. The number of nitrogens with zero attached hydrogens (tertiary/aromatic N) is 1. The normalized spacial score (nSPS) is 14.3. The fraction of sp³-hybridized carbons (Fsp3) is 0.320. The lowest BCUT2D eigenvalue weighted by Gasteiger charge is -2.17. The molecular formula is C25H26N2O4. The van der Waals surface area contributed by atoms with E-state index in [9.17, 15) is 9.59 Å². The van der Waals surface area contributed by atoms with Crippen molar-refractivity contribution in [3.05, 3.63) is 77.0 Å². The Morgan fingerprint density at radius 2 is 1.77 bits per heavy atom. The van der Waals surface area contributed by atoms with Crippen molar-refractivity contribution in [2.75, 3.05) is 20.3 Å². The highest BCUT2D eigenvalue weighted by atomic mass is 16.5. The maximum atomic E-state index is 12.8. The van der Waals surface area contributed by atoms with Crippen LogP contribution >= 0.6 is 0 Å². The van der Waals surface area contributed by atoms with E-state index in [4.69, 9.17) is 9.47 Å². The Morgan fingerprint density at radius 3 is 2.48 bits per heavy atom. The summed E-state index contributed by atoms with van der Waals surface area (Å²) < 4.78 is 10.6. The summed E-state index contributed by atoms with van der Waals surface area (Å²) in [5, 5.41) is 3.79. The number of aryl methyl sites for hydroxylation is 1. The van der Waals surface area contributed by atoms with Gasteiger partial charge in [0.05, 0.1) is 23.4 Å². The molecule has 1 amide bonds. The van der Waals surface area contributed by atoms with Gasteiger partial charge in [-0.2, -0.15) is 0 Å². The summed E-state index contributed by atoms with van der Waals surface area (Å²) in [5.41, 5.74) is 3.66. The number of hydrogen-bond donors (Lipinski definition) is 1. The van der Waals surface area contributed by atoms with Gasteiger partial charge in [0.1, 0.15) is 0 Å². The first-order valence-corrected chi connectivity index (χ1v) is 10.4. The third-order valence-electron chi connectivity index (χ3n) is 5.91. The number of esters is 1. The molecule has 1 aliphatic carbocycles. The predicted octanol–water partition coefficient (Wildman–Crippen LogP) is 3.69. The Kier molecular flexibility index (Phi) is 6.00. The van der Waals surface area contributed by atoms with E-state index in [1.165, 1.54) is 5.56 Å². The Labute approximate surface area is 181 Å². The summed E-state index contributed by atoms with van der Waals surface area (Å²) in [5.74, 6) is -0.877. The molecule has 0 radical (unpaired) electrons. The number of carbonyl (C=O) groups is 2. The fourth-order valence-corrected chi connectivity index (χ4v) is 3.98. The molecule has 31 heavy (non-hydrogen) atoms. The van der Waals surface area contributed by atoms with Gasteiger partial charge in [0.25, 0.3) is 5.91 Å². The van der Waals surface area contributed by atoms with Crippen LogP contribution in [0.1, 0.15) is 40.0 Å². The Hall–Kier alpha value is -3.25. The molecule has 1 aromatic heterocycles. The van der Waals surface area contributed by atoms with Crippen molar-refractivity contribution in [3.63, 3.8) is 0 Å². The second-order valence-electron chi connectivity index (χ2n) is 8.01. The minimum Gasteiger partial charge on any atom is -0.452 e. The van der Waals surface area contributed by atoms with Crippen molar-refractivity contribution in [2.24, 2.45) is 0 Å². The molecule has 1 aliphatic rings.